The number of nitrogens with one attached hydrogen (secondary N) is 1. The summed E-state index contributed by atoms with van der Waals surface area (Å²) < 4.78 is 28.0. The molecule has 146 valence electrons. The van der Waals surface area contributed by atoms with Gasteiger partial charge in [-0.15, -0.1) is 11.8 Å². The van der Waals surface area contributed by atoms with Crippen LogP contribution >= 0.6 is 11.8 Å². The van der Waals surface area contributed by atoms with E-state index in [2.05, 4.69) is 5.32 Å². The molecular weight excluding hydrogens is 392 g/mol. The molecule has 2 atom stereocenters. The summed E-state index contributed by atoms with van der Waals surface area (Å²) in [4.78, 5) is 38.8. The average Bonchev–Trinajstić information content (AvgIpc) is 2.95. The van der Waals surface area contributed by atoms with Gasteiger partial charge in [-0.1, -0.05) is 12.1 Å². The highest BCUT2D eigenvalue weighted by Gasteiger charge is 2.32. The van der Waals surface area contributed by atoms with E-state index in [0.29, 0.717) is 12.1 Å². The highest BCUT2D eigenvalue weighted by atomic mass is 32.2. The third kappa shape index (κ3) is 4.81. The molecule has 0 unspecified atom stereocenters. The summed E-state index contributed by atoms with van der Waals surface area (Å²) in [5, 5.41) is 2.59. The van der Waals surface area contributed by atoms with Crippen LogP contribution in [0.2, 0.25) is 0 Å². The van der Waals surface area contributed by atoms with E-state index in [0.717, 1.165) is 4.90 Å². The second kappa shape index (κ2) is 7.89. The molecule has 27 heavy (non-hydrogen) atoms. The average molecular weight is 412 g/mol. The number of ether oxygens (including phenoxy) is 1. The number of para-hydroxylation sites is 1. The Balaban J connectivity index is 1.56. The predicted molar refractivity (Wildman–Crippen MR) is 100 cm³/mol. The van der Waals surface area contributed by atoms with Gasteiger partial charge in [0.05, 0.1) is 22.9 Å². The topological polar surface area (TPSA) is 110 Å². The SMILES string of the molecule is C[C@H](OC(=O)CN1C(=O)CSc2ccccc21)C(=O)N[C@H]1CCS(=O)(=O)C1. The van der Waals surface area contributed by atoms with Crippen LogP contribution in [0.5, 0.6) is 0 Å². The lowest BCUT2D eigenvalue weighted by Crippen LogP contribution is -2.45. The lowest BCUT2D eigenvalue weighted by molar-refractivity contribution is -0.154. The number of nitrogens with zero attached hydrogens (tertiary/aromatic N) is 1. The highest BCUT2D eigenvalue weighted by Crippen LogP contribution is 2.34. The molecule has 2 aliphatic rings. The zero-order valence-electron chi connectivity index (χ0n) is 14.7. The van der Waals surface area contributed by atoms with Crippen molar-refractivity contribution in [2.24, 2.45) is 0 Å². The van der Waals surface area contributed by atoms with Crippen LogP contribution in [-0.4, -0.2) is 62.2 Å². The third-order valence-electron chi connectivity index (χ3n) is 4.35. The first-order valence-corrected chi connectivity index (χ1v) is 11.3. The number of esters is 1. The second-order valence-corrected chi connectivity index (χ2v) is 9.72. The number of hydrogen-bond donors (Lipinski definition) is 1. The van der Waals surface area contributed by atoms with Gasteiger partial charge in [0.2, 0.25) is 5.91 Å². The summed E-state index contributed by atoms with van der Waals surface area (Å²) in [5.41, 5.74) is 0.643. The number of amides is 2. The van der Waals surface area contributed by atoms with Gasteiger partial charge in [0, 0.05) is 10.9 Å². The molecule has 1 saturated heterocycles. The number of rotatable bonds is 5. The van der Waals surface area contributed by atoms with Gasteiger partial charge in [0.15, 0.2) is 15.9 Å². The number of hydrogen-bond acceptors (Lipinski definition) is 7. The molecule has 1 fully saturated rings. The van der Waals surface area contributed by atoms with Crippen LogP contribution in [0, 0.1) is 0 Å². The fourth-order valence-corrected chi connectivity index (χ4v) is 5.58. The van der Waals surface area contributed by atoms with Crippen molar-refractivity contribution in [2.75, 3.05) is 28.7 Å². The van der Waals surface area contributed by atoms with E-state index < -0.39 is 33.9 Å². The molecule has 0 aromatic heterocycles. The minimum atomic E-state index is -3.11. The highest BCUT2D eigenvalue weighted by molar-refractivity contribution is 8.00. The zero-order chi connectivity index (χ0) is 19.6. The first kappa shape index (κ1) is 19.7. The summed E-state index contributed by atoms with van der Waals surface area (Å²) >= 11 is 1.41. The molecule has 0 radical (unpaired) electrons. The van der Waals surface area contributed by atoms with Gasteiger partial charge < -0.3 is 10.1 Å². The lowest BCUT2D eigenvalue weighted by Gasteiger charge is -2.28. The molecule has 0 bridgehead atoms. The Bertz CT molecular complexity index is 870. The predicted octanol–water partition coefficient (Wildman–Crippen LogP) is 0.360. The first-order valence-electron chi connectivity index (χ1n) is 8.47. The van der Waals surface area contributed by atoms with Crippen molar-refractivity contribution in [3.63, 3.8) is 0 Å². The van der Waals surface area contributed by atoms with E-state index in [1.54, 1.807) is 12.1 Å². The maximum absolute atomic E-state index is 12.2. The number of benzene rings is 1. The number of carbonyl (C=O) groups excluding carboxylic acids is 3. The molecule has 8 nitrogen and oxygen atoms in total. The van der Waals surface area contributed by atoms with Crippen molar-refractivity contribution in [2.45, 2.75) is 30.4 Å². The van der Waals surface area contributed by atoms with Gasteiger partial charge in [-0.2, -0.15) is 0 Å². The fraction of sp³-hybridized carbons (Fsp3) is 0.471. The van der Waals surface area contributed by atoms with Crippen molar-refractivity contribution >= 4 is 45.1 Å². The van der Waals surface area contributed by atoms with Crippen LogP contribution in [0.15, 0.2) is 29.2 Å². The van der Waals surface area contributed by atoms with Crippen molar-refractivity contribution in [3.8, 4) is 0 Å². The monoisotopic (exact) mass is 412 g/mol. The molecule has 2 heterocycles. The van der Waals surface area contributed by atoms with Crippen LogP contribution in [0.3, 0.4) is 0 Å². The van der Waals surface area contributed by atoms with Gasteiger partial charge in [-0.05, 0) is 25.5 Å². The minimum Gasteiger partial charge on any atom is -0.451 e. The summed E-state index contributed by atoms with van der Waals surface area (Å²) in [6, 6.07) is 6.80. The van der Waals surface area contributed by atoms with Crippen LogP contribution in [0.25, 0.3) is 0 Å². The van der Waals surface area contributed by atoms with E-state index in [-0.39, 0.29) is 29.7 Å². The quantitative estimate of drug-likeness (QED) is 0.696. The number of thioether (sulfide) groups is 1. The smallest absolute Gasteiger partial charge is 0.326 e. The molecule has 1 aromatic carbocycles. The lowest BCUT2D eigenvalue weighted by atomic mass is 10.2. The fourth-order valence-electron chi connectivity index (χ4n) is 2.97. The third-order valence-corrected chi connectivity index (χ3v) is 7.17. The molecule has 0 spiro atoms. The Morgan fingerprint density at radius 1 is 1.37 bits per heavy atom. The molecule has 0 aliphatic carbocycles. The van der Waals surface area contributed by atoms with Crippen molar-refractivity contribution < 1.29 is 27.5 Å². The van der Waals surface area contributed by atoms with Crippen molar-refractivity contribution in [3.05, 3.63) is 24.3 Å². The molecule has 2 amide bonds. The summed E-state index contributed by atoms with van der Waals surface area (Å²) in [6.45, 7) is 1.13. The maximum Gasteiger partial charge on any atom is 0.326 e. The van der Waals surface area contributed by atoms with E-state index in [9.17, 15) is 22.8 Å². The molecule has 3 rings (SSSR count). The van der Waals surface area contributed by atoms with Gasteiger partial charge in [0.1, 0.15) is 6.54 Å². The Labute approximate surface area is 161 Å². The Morgan fingerprint density at radius 2 is 2.11 bits per heavy atom. The molecule has 10 heteroatoms. The van der Waals surface area contributed by atoms with Crippen molar-refractivity contribution in [1.82, 2.24) is 5.32 Å². The minimum absolute atomic E-state index is 0.0423. The van der Waals surface area contributed by atoms with Crippen molar-refractivity contribution in [1.29, 1.82) is 0 Å². The van der Waals surface area contributed by atoms with Gasteiger partial charge in [-0.3, -0.25) is 19.3 Å². The summed E-state index contributed by atoms with van der Waals surface area (Å²) in [5.74, 6) is -1.28. The number of sulfone groups is 1. The van der Waals surface area contributed by atoms with Crippen LogP contribution in [-0.2, 0) is 29.0 Å². The van der Waals surface area contributed by atoms with E-state index in [4.69, 9.17) is 4.74 Å². The molecule has 2 aliphatic heterocycles. The summed E-state index contributed by atoms with van der Waals surface area (Å²) in [6.07, 6.45) is -0.726. The van der Waals surface area contributed by atoms with E-state index >= 15 is 0 Å². The zero-order valence-corrected chi connectivity index (χ0v) is 16.3. The molecule has 1 aromatic rings. The number of anilines is 1. The maximum atomic E-state index is 12.2. The molecule has 0 saturated carbocycles. The van der Waals surface area contributed by atoms with Gasteiger partial charge >= 0.3 is 5.97 Å². The number of carbonyl (C=O) groups is 3. The van der Waals surface area contributed by atoms with Crippen LogP contribution < -0.4 is 10.2 Å². The Morgan fingerprint density at radius 3 is 2.81 bits per heavy atom. The van der Waals surface area contributed by atoms with E-state index in [1.807, 2.05) is 12.1 Å². The second-order valence-electron chi connectivity index (χ2n) is 6.48. The Hall–Kier alpha value is -2.07. The van der Waals surface area contributed by atoms with Gasteiger partial charge in [0.25, 0.3) is 5.91 Å². The Kier molecular flexibility index (Phi) is 5.75. The van der Waals surface area contributed by atoms with Crippen LogP contribution in [0.1, 0.15) is 13.3 Å². The van der Waals surface area contributed by atoms with Crippen LogP contribution in [0.4, 0.5) is 5.69 Å². The summed E-state index contributed by atoms with van der Waals surface area (Å²) in [7, 11) is -3.11. The standard InChI is InChI=1S/C17H20N2O6S2/c1-11(17(22)18-12-6-7-27(23,24)10-12)25-16(21)8-19-13-4-2-3-5-14(13)26-9-15(19)20/h2-5,11-12H,6-10H2,1H3,(H,18,22)/t11-,12-/m0/s1. The molecule has 1 N–H and O–H groups in total. The molecular formula is C17H20N2O6S2. The largest absolute Gasteiger partial charge is 0.451 e. The first-order chi connectivity index (χ1) is 12.7. The normalized spacial score (nSPS) is 22.0. The number of fused-ring (bicyclic) bond motifs is 1. The van der Waals surface area contributed by atoms with E-state index in [1.165, 1.54) is 23.6 Å². The van der Waals surface area contributed by atoms with Gasteiger partial charge in [-0.25, -0.2) is 8.42 Å².